The number of amides is 1. The molecule has 0 aliphatic carbocycles. The number of aromatic nitrogens is 2. The van der Waals surface area contributed by atoms with Crippen LogP contribution in [0.2, 0.25) is 5.15 Å². The molecular weight excluding hydrogens is 250 g/mol. The van der Waals surface area contributed by atoms with E-state index in [2.05, 4.69) is 15.5 Å². The van der Waals surface area contributed by atoms with E-state index in [1.54, 1.807) is 12.1 Å². The largest absolute Gasteiger partial charge is 0.305 e. The van der Waals surface area contributed by atoms with Gasteiger partial charge in [0.2, 0.25) is 0 Å². The predicted octanol–water partition coefficient (Wildman–Crippen LogP) is 3.00. The fourth-order valence-electron chi connectivity index (χ4n) is 1.68. The molecule has 0 saturated heterocycles. The molecule has 1 N–H and O–H groups in total. The second-order valence-electron chi connectivity index (χ2n) is 4.07. The van der Waals surface area contributed by atoms with E-state index >= 15 is 0 Å². The molecular formula is C13H12ClN3O. The van der Waals surface area contributed by atoms with Gasteiger partial charge in [-0.2, -0.15) is 0 Å². The maximum atomic E-state index is 12.0. The number of anilines is 1. The molecule has 0 aliphatic heterocycles. The number of carbonyl (C=O) groups excluding carboxylic acids is 1. The summed E-state index contributed by atoms with van der Waals surface area (Å²) >= 11 is 5.62. The number of nitrogens with zero attached hydrogens (tertiary/aromatic N) is 2. The van der Waals surface area contributed by atoms with E-state index in [0.717, 1.165) is 11.1 Å². The Kier molecular flexibility index (Phi) is 3.58. The van der Waals surface area contributed by atoms with Crippen LogP contribution in [0, 0.1) is 13.8 Å². The highest BCUT2D eigenvalue weighted by Gasteiger charge is 2.08. The van der Waals surface area contributed by atoms with Crippen LogP contribution in [0.3, 0.4) is 0 Å². The van der Waals surface area contributed by atoms with Crippen LogP contribution in [-0.2, 0) is 0 Å². The number of nitrogens with one attached hydrogen (secondary N) is 1. The summed E-state index contributed by atoms with van der Waals surface area (Å²) in [6.07, 6.45) is 0. The zero-order chi connectivity index (χ0) is 13.1. The van der Waals surface area contributed by atoms with Gasteiger partial charge in [-0.15, -0.1) is 10.2 Å². The van der Waals surface area contributed by atoms with Gasteiger partial charge >= 0.3 is 0 Å². The summed E-state index contributed by atoms with van der Waals surface area (Å²) < 4.78 is 0. The molecule has 0 aliphatic rings. The minimum atomic E-state index is -0.210. The Bertz CT molecular complexity index is 561. The van der Waals surface area contributed by atoms with E-state index in [9.17, 15) is 4.79 Å². The van der Waals surface area contributed by atoms with Crippen molar-refractivity contribution in [3.8, 4) is 0 Å². The Balaban J connectivity index is 2.19. The molecule has 4 nitrogen and oxygen atoms in total. The number of benzene rings is 1. The second-order valence-corrected chi connectivity index (χ2v) is 4.46. The minimum Gasteiger partial charge on any atom is -0.305 e. The van der Waals surface area contributed by atoms with Crippen molar-refractivity contribution in [2.75, 3.05) is 5.32 Å². The Morgan fingerprint density at radius 3 is 2.33 bits per heavy atom. The molecule has 18 heavy (non-hydrogen) atoms. The van der Waals surface area contributed by atoms with Gasteiger partial charge in [-0.1, -0.05) is 28.8 Å². The molecule has 0 unspecified atom stereocenters. The normalized spacial score (nSPS) is 10.2. The third kappa shape index (κ3) is 3.05. The van der Waals surface area contributed by atoms with Crippen molar-refractivity contribution in [3.63, 3.8) is 0 Å². The highest BCUT2D eigenvalue weighted by Crippen LogP contribution is 2.12. The lowest BCUT2D eigenvalue weighted by Gasteiger charge is -2.05. The number of carbonyl (C=O) groups is 1. The molecule has 1 aromatic carbocycles. The van der Waals surface area contributed by atoms with Gasteiger partial charge in [-0.25, -0.2) is 0 Å². The van der Waals surface area contributed by atoms with Gasteiger partial charge in [0.15, 0.2) is 11.0 Å². The fraction of sp³-hybridized carbons (Fsp3) is 0.154. The first-order valence-corrected chi connectivity index (χ1v) is 5.81. The van der Waals surface area contributed by atoms with E-state index < -0.39 is 0 Å². The van der Waals surface area contributed by atoms with Crippen molar-refractivity contribution in [2.45, 2.75) is 13.8 Å². The Morgan fingerprint density at radius 2 is 1.78 bits per heavy atom. The number of aryl methyl sites for hydroxylation is 2. The van der Waals surface area contributed by atoms with Crippen molar-refractivity contribution in [1.82, 2.24) is 10.2 Å². The predicted molar refractivity (Wildman–Crippen MR) is 70.9 cm³/mol. The van der Waals surface area contributed by atoms with Crippen LogP contribution in [0.15, 0.2) is 30.3 Å². The fourth-order valence-corrected chi connectivity index (χ4v) is 1.78. The van der Waals surface area contributed by atoms with Gasteiger partial charge in [0.05, 0.1) is 0 Å². The SMILES string of the molecule is Cc1cc(C)cc(C(=O)Nc2ccc(Cl)nn2)c1. The third-order valence-corrected chi connectivity index (χ3v) is 2.56. The lowest BCUT2D eigenvalue weighted by Crippen LogP contribution is -2.13. The Morgan fingerprint density at radius 1 is 1.11 bits per heavy atom. The molecule has 0 bridgehead atoms. The Labute approximate surface area is 110 Å². The summed E-state index contributed by atoms with van der Waals surface area (Å²) in [4.78, 5) is 12.0. The van der Waals surface area contributed by atoms with Gasteiger partial charge < -0.3 is 5.32 Å². The van der Waals surface area contributed by atoms with E-state index in [1.165, 1.54) is 0 Å². The van der Waals surface area contributed by atoms with Crippen LogP contribution in [0.25, 0.3) is 0 Å². The summed E-state index contributed by atoms with van der Waals surface area (Å²) in [5, 5.41) is 10.4. The van der Waals surface area contributed by atoms with Crippen molar-refractivity contribution >= 4 is 23.3 Å². The molecule has 1 amide bonds. The van der Waals surface area contributed by atoms with Crippen LogP contribution in [-0.4, -0.2) is 16.1 Å². The molecule has 1 aromatic heterocycles. The number of rotatable bonds is 2. The zero-order valence-electron chi connectivity index (χ0n) is 10.1. The summed E-state index contributed by atoms with van der Waals surface area (Å²) in [6.45, 7) is 3.90. The zero-order valence-corrected chi connectivity index (χ0v) is 10.8. The van der Waals surface area contributed by atoms with Gasteiger partial charge in [0.25, 0.3) is 5.91 Å². The van der Waals surface area contributed by atoms with Crippen LogP contribution >= 0.6 is 11.6 Å². The summed E-state index contributed by atoms with van der Waals surface area (Å²) in [7, 11) is 0. The molecule has 0 spiro atoms. The smallest absolute Gasteiger partial charge is 0.256 e. The monoisotopic (exact) mass is 261 g/mol. The molecule has 2 aromatic rings. The lowest BCUT2D eigenvalue weighted by molar-refractivity contribution is 0.102. The van der Waals surface area contributed by atoms with E-state index in [1.807, 2.05) is 32.0 Å². The maximum absolute atomic E-state index is 12.0. The van der Waals surface area contributed by atoms with Crippen LogP contribution in [0.5, 0.6) is 0 Å². The molecule has 0 radical (unpaired) electrons. The van der Waals surface area contributed by atoms with Crippen LogP contribution < -0.4 is 5.32 Å². The van der Waals surface area contributed by atoms with E-state index in [-0.39, 0.29) is 5.91 Å². The van der Waals surface area contributed by atoms with Gasteiger partial charge in [0.1, 0.15) is 0 Å². The summed E-state index contributed by atoms with van der Waals surface area (Å²) in [5.74, 6) is 0.169. The molecule has 0 fully saturated rings. The molecule has 1 heterocycles. The minimum absolute atomic E-state index is 0.210. The van der Waals surface area contributed by atoms with E-state index in [4.69, 9.17) is 11.6 Å². The lowest BCUT2D eigenvalue weighted by atomic mass is 10.1. The van der Waals surface area contributed by atoms with E-state index in [0.29, 0.717) is 16.5 Å². The first-order valence-electron chi connectivity index (χ1n) is 5.43. The molecule has 0 saturated carbocycles. The maximum Gasteiger partial charge on any atom is 0.256 e. The first-order chi connectivity index (χ1) is 8.54. The van der Waals surface area contributed by atoms with Crippen LogP contribution in [0.1, 0.15) is 21.5 Å². The topological polar surface area (TPSA) is 54.9 Å². The van der Waals surface area contributed by atoms with Crippen molar-refractivity contribution in [1.29, 1.82) is 0 Å². The second kappa shape index (κ2) is 5.14. The molecule has 2 rings (SSSR count). The van der Waals surface area contributed by atoms with Crippen molar-refractivity contribution in [3.05, 3.63) is 52.2 Å². The summed E-state index contributed by atoms with van der Waals surface area (Å²) in [6, 6.07) is 8.85. The number of hydrogen-bond acceptors (Lipinski definition) is 3. The Hall–Kier alpha value is -1.94. The van der Waals surface area contributed by atoms with Crippen LogP contribution in [0.4, 0.5) is 5.82 Å². The summed E-state index contributed by atoms with van der Waals surface area (Å²) in [5.41, 5.74) is 2.69. The quantitative estimate of drug-likeness (QED) is 0.904. The number of halogens is 1. The molecule has 5 heteroatoms. The van der Waals surface area contributed by atoms with Gasteiger partial charge in [0, 0.05) is 5.56 Å². The standard InChI is InChI=1S/C13H12ClN3O/c1-8-5-9(2)7-10(6-8)13(18)15-12-4-3-11(14)16-17-12/h3-7H,1-2H3,(H,15,17,18). The highest BCUT2D eigenvalue weighted by atomic mass is 35.5. The highest BCUT2D eigenvalue weighted by molar-refractivity contribution is 6.29. The average Bonchev–Trinajstić information content (AvgIpc) is 2.31. The van der Waals surface area contributed by atoms with Crippen molar-refractivity contribution in [2.24, 2.45) is 0 Å². The first kappa shape index (κ1) is 12.5. The average molecular weight is 262 g/mol. The van der Waals surface area contributed by atoms with Crippen molar-refractivity contribution < 1.29 is 4.79 Å². The molecule has 92 valence electrons. The molecule has 0 atom stereocenters. The number of hydrogen-bond donors (Lipinski definition) is 1. The third-order valence-electron chi connectivity index (χ3n) is 2.36. The van der Waals surface area contributed by atoms with Gasteiger partial charge in [-0.05, 0) is 38.1 Å². The van der Waals surface area contributed by atoms with Gasteiger partial charge in [-0.3, -0.25) is 4.79 Å².